The minimum absolute atomic E-state index is 0.136. The molecule has 0 atom stereocenters. The zero-order chi connectivity index (χ0) is 13.9. The molecule has 0 fully saturated rings. The molecule has 3 aromatic rings. The standard InChI is InChI=1S/C15H12N2O2S/c18-12-7-3-4-8-13(12)20-9-14-16-11-6-2-1-5-10(11)15(19)17-14/h1-8,18H,9H2,(H,16,17,19). The Labute approximate surface area is 119 Å². The number of aromatic nitrogens is 2. The van der Waals surface area contributed by atoms with E-state index in [1.54, 1.807) is 18.2 Å². The second-order valence-corrected chi connectivity index (χ2v) is 5.30. The van der Waals surface area contributed by atoms with Crippen molar-refractivity contribution < 1.29 is 5.11 Å². The van der Waals surface area contributed by atoms with Crippen LogP contribution in [0.3, 0.4) is 0 Å². The van der Waals surface area contributed by atoms with Crippen molar-refractivity contribution in [3.63, 3.8) is 0 Å². The number of hydrogen-bond donors (Lipinski definition) is 2. The lowest BCUT2D eigenvalue weighted by Gasteiger charge is -2.04. The van der Waals surface area contributed by atoms with Crippen molar-refractivity contribution in [2.75, 3.05) is 0 Å². The van der Waals surface area contributed by atoms with Crippen LogP contribution in [0.5, 0.6) is 5.75 Å². The fourth-order valence-electron chi connectivity index (χ4n) is 1.93. The average Bonchev–Trinajstić information content (AvgIpc) is 2.46. The van der Waals surface area contributed by atoms with Gasteiger partial charge in [0, 0.05) is 4.90 Å². The summed E-state index contributed by atoms with van der Waals surface area (Å²) in [6.07, 6.45) is 0. The SMILES string of the molecule is O=c1[nH]c(CSc2ccccc2O)nc2ccccc12. The van der Waals surface area contributed by atoms with Crippen LogP contribution >= 0.6 is 11.8 Å². The third kappa shape index (κ3) is 2.53. The van der Waals surface area contributed by atoms with Crippen LogP contribution in [0.25, 0.3) is 10.9 Å². The van der Waals surface area contributed by atoms with Crippen LogP contribution in [-0.2, 0) is 5.75 Å². The largest absolute Gasteiger partial charge is 0.507 e. The van der Waals surface area contributed by atoms with E-state index >= 15 is 0 Å². The van der Waals surface area contributed by atoms with E-state index in [-0.39, 0.29) is 11.3 Å². The second-order valence-electron chi connectivity index (χ2n) is 4.29. The van der Waals surface area contributed by atoms with E-state index in [0.717, 1.165) is 4.90 Å². The van der Waals surface area contributed by atoms with E-state index in [9.17, 15) is 9.90 Å². The molecule has 1 heterocycles. The molecule has 0 aliphatic carbocycles. The van der Waals surface area contributed by atoms with Crippen molar-refractivity contribution in [2.45, 2.75) is 10.6 Å². The number of phenolic OH excluding ortho intramolecular Hbond substituents is 1. The summed E-state index contributed by atoms with van der Waals surface area (Å²) < 4.78 is 0. The predicted octanol–water partition coefficient (Wildman–Crippen LogP) is 2.92. The third-order valence-corrected chi connectivity index (χ3v) is 3.97. The average molecular weight is 284 g/mol. The molecule has 100 valence electrons. The highest BCUT2D eigenvalue weighted by molar-refractivity contribution is 7.98. The number of phenols is 1. The Morgan fingerprint density at radius 2 is 1.85 bits per heavy atom. The Morgan fingerprint density at radius 1 is 1.10 bits per heavy atom. The van der Waals surface area contributed by atoms with E-state index in [2.05, 4.69) is 9.97 Å². The molecule has 5 heteroatoms. The van der Waals surface area contributed by atoms with Crippen molar-refractivity contribution in [2.24, 2.45) is 0 Å². The van der Waals surface area contributed by atoms with Gasteiger partial charge in [0.15, 0.2) is 0 Å². The number of benzene rings is 2. The number of nitrogens with zero attached hydrogens (tertiary/aromatic N) is 1. The summed E-state index contributed by atoms with van der Waals surface area (Å²) in [7, 11) is 0. The van der Waals surface area contributed by atoms with Gasteiger partial charge < -0.3 is 10.1 Å². The molecule has 2 aromatic carbocycles. The maximum atomic E-state index is 11.9. The number of para-hydroxylation sites is 2. The van der Waals surface area contributed by atoms with E-state index < -0.39 is 0 Å². The van der Waals surface area contributed by atoms with Crippen molar-refractivity contribution >= 4 is 22.7 Å². The Morgan fingerprint density at radius 3 is 2.70 bits per heavy atom. The van der Waals surface area contributed by atoms with Crippen LogP contribution in [-0.4, -0.2) is 15.1 Å². The fraction of sp³-hybridized carbons (Fsp3) is 0.0667. The molecule has 4 nitrogen and oxygen atoms in total. The molecule has 0 spiro atoms. The highest BCUT2D eigenvalue weighted by atomic mass is 32.2. The zero-order valence-electron chi connectivity index (χ0n) is 10.5. The molecule has 1 aromatic heterocycles. The van der Waals surface area contributed by atoms with E-state index in [4.69, 9.17) is 0 Å². The predicted molar refractivity (Wildman–Crippen MR) is 80.0 cm³/mol. The number of nitrogens with one attached hydrogen (secondary N) is 1. The highest BCUT2D eigenvalue weighted by Gasteiger charge is 2.05. The molecule has 0 bridgehead atoms. The molecule has 20 heavy (non-hydrogen) atoms. The van der Waals surface area contributed by atoms with Crippen LogP contribution in [0.4, 0.5) is 0 Å². The number of hydrogen-bond acceptors (Lipinski definition) is 4. The fourth-order valence-corrected chi connectivity index (χ4v) is 2.75. The Kier molecular flexibility index (Phi) is 3.43. The summed E-state index contributed by atoms with van der Waals surface area (Å²) in [5.41, 5.74) is 0.549. The number of fused-ring (bicyclic) bond motifs is 1. The van der Waals surface area contributed by atoms with Gasteiger partial charge >= 0.3 is 0 Å². The van der Waals surface area contributed by atoms with Gasteiger partial charge in [-0.2, -0.15) is 0 Å². The molecule has 0 unspecified atom stereocenters. The molecule has 3 rings (SSSR count). The van der Waals surface area contributed by atoms with Gasteiger partial charge in [0.25, 0.3) is 5.56 Å². The Balaban J connectivity index is 1.88. The van der Waals surface area contributed by atoms with Crippen molar-refractivity contribution in [1.82, 2.24) is 9.97 Å². The van der Waals surface area contributed by atoms with Crippen LogP contribution in [0, 0.1) is 0 Å². The molecule has 0 aliphatic heterocycles. The molecule has 0 amide bonds. The summed E-state index contributed by atoms with van der Waals surface area (Å²) in [5, 5.41) is 10.3. The van der Waals surface area contributed by atoms with Gasteiger partial charge in [-0.15, -0.1) is 11.8 Å². The number of aromatic amines is 1. The van der Waals surface area contributed by atoms with E-state index in [1.165, 1.54) is 11.8 Å². The van der Waals surface area contributed by atoms with E-state index in [1.807, 2.05) is 30.3 Å². The summed E-state index contributed by atoms with van der Waals surface area (Å²) in [6.45, 7) is 0. The topological polar surface area (TPSA) is 66.0 Å². The van der Waals surface area contributed by atoms with Crippen LogP contribution in [0.15, 0.2) is 58.2 Å². The zero-order valence-corrected chi connectivity index (χ0v) is 11.4. The highest BCUT2D eigenvalue weighted by Crippen LogP contribution is 2.29. The number of rotatable bonds is 3. The first-order chi connectivity index (χ1) is 9.74. The molecule has 0 radical (unpaired) electrons. The smallest absolute Gasteiger partial charge is 0.258 e. The number of aromatic hydroxyl groups is 1. The summed E-state index contributed by atoms with van der Waals surface area (Å²) in [4.78, 5) is 19.9. The monoisotopic (exact) mass is 284 g/mol. The molecular formula is C15H12N2O2S. The molecule has 2 N–H and O–H groups in total. The van der Waals surface area contributed by atoms with Gasteiger partial charge in [0.2, 0.25) is 0 Å². The molecule has 0 saturated heterocycles. The van der Waals surface area contributed by atoms with Gasteiger partial charge in [-0.3, -0.25) is 4.79 Å². The first kappa shape index (κ1) is 12.7. The maximum absolute atomic E-state index is 11.9. The minimum Gasteiger partial charge on any atom is -0.507 e. The minimum atomic E-state index is -0.136. The number of H-pyrrole nitrogens is 1. The lowest BCUT2D eigenvalue weighted by atomic mass is 10.2. The summed E-state index contributed by atoms with van der Waals surface area (Å²) in [5.74, 6) is 1.33. The number of thioether (sulfide) groups is 1. The van der Waals surface area contributed by atoms with Gasteiger partial charge in [-0.1, -0.05) is 24.3 Å². The van der Waals surface area contributed by atoms with E-state index in [0.29, 0.717) is 22.5 Å². The van der Waals surface area contributed by atoms with Gasteiger partial charge in [-0.05, 0) is 24.3 Å². The Bertz CT molecular complexity index is 814. The van der Waals surface area contributed by atoms with Gasteiger partial charge in [0.05, 0.1) is 16.7 Å². The van der Waals surface area contributed by atoms with Crippen molar-refractivity contribution in [1.29, 1.82) is 0 Å². The quantitative estimate of drug-likeness (QED) is 0.726. The van der Waals surface area contributed by atoms with Gasteiger partial charge in [0.1, 0.15) is 11.6 Å². The molecular weight excluding hydrogens is 272 g/mol. The second kappa shape index (κ2) is 5.38. The summed E-state index contributed by atoms with van der Waals surface area (Å²) >= 11 is 1.43. The first-order valence-electron chi connectivity index (χ1n) is 6.13. The van der Waals surface area contributed by atoms with Crippen LogP contribution in [0.2, 0.25) is 0 Å². The summed E-state index contributed by atoms with van der Waals surface area (Å²) in [6, 6.07) is 14.3. The van der Waals surface area contributed by atoms with Crippen LogP contribution < -0.4 is 5.56 Å². The lowest BCUT2D eigenvalue weighted by Crippen LogP contribution is -2.11. The first-order valence-corrected chi connectivity index (χ1v) is 7.11. The molecule has 0 aliphatic rings. The van der Waals surface area contributed by atoms with Crippen molar-refractivity contribution in [3.05, 3.63) is 64.7 Å². The molecule has 0 saturated carbocycles. The van der Waals surface area contributed by atoms with Crippen molar-refractivity contribution in [3.8, 4) is 5.75 Å². The third-order valence-electron chi connectivity index (χ3n) is 2.89. The Hall–Kier alpha value is -2.27. The van der Waals surface area contributed by atoms with Crippen LogP contribution in [0.1, 0.15) is 5.82 Å². The normalized spacial score (nSPS) is 10.8. The maximum Gasteiger partial charge on any atom is 0.258 e. The lowest BCUT2D eigenvalue weighted by molar-refractivity contribution is 0.462. The van der Waals surface area contributed by atoms with Gasteiger partial charge in [-0.25, -0.2) is 4.98 Å².